The molecule has 1 atom stereocenters. The van der Waals surface area contributed by atoms with Gasteiger partial charge >= 0.3 is 5.97 Å². The van der Waals surface area contributed by atoms with Crippen molar-refractivity contribution in [2.24, 2.45) is 5.92 Å². The Hall–Kier alpha value is -0.610. The number of likely N-dealkylation sites (N-methyl/N-ethyl adjacent to an activating group) is 1. The van der Waals surface area contributed by atoms with E-state index in [9.17, 15) is 4.79 Å². The van der Waals surface area contributed by atoms with E-state index in [2.05, 4.69) is 17.3 Å². The standard InChI is InChI=1S/C12H24N2O2/c1-13-11(12(15)16)7-8-14(2)9-10-5-3-4-6-10/h10-11,13H,3-9H2,1-2H3,(H,15,16). The Kier molecular flexibility index (Phi) is 5.77. The number of carbonyl (C=O) groups is 1. The Morgan fingerprint density at radius 3 is 2.62 bits per heavy atom. The fourth-order valence-corrected chi connectivity index (χ4v) is 2.47. The molecule has 0 aromatic rings. The molecule has 0 aromatic carbocycles. The largest absolute Gasteiger partial charge is 0.480 e. The highest BCUT2D eigenvalue weighted by atomic mass is 16.4. The minimum Gasteiger partial charge on any atom is -0.480 e. The lowest BCUT2D eigenvalue weighted by Gasteiger charge is -2.22. The van der Waals surface area contributed by atoms with E-state index >= 15 is 0 Å². The smallest absolute Gasteiger partial charge is 0.320 e. The molecule has 1 rings (SSSR count). The van der Waals surface area contributed by atoms with Gasteiger partial charge in [0, 0.05) is 6.54 Å². The molecule has 0 spiro atoms. The normalized spacial score (nSPS) is 19.2. The first-order valence-electron chi connectivity index (χ1n) is 6.22. The number of aliphatic carboxylic acids is 1. The van der Waals surface area contributed by atoms with Crippen molar-refractivity contribution in [1.82, 2.24) is 10.2 Å². The predicted molar refractivity (Wildman–Crippen MR) is 64.6 cm³/mol. The van der Waals surface area contributed by atoms with Crippen LogP contribution in [0.25, 0.3) is 0 Å². The molecule has 16 heavy (non-hydrogen) atoms. The molecular formula is C12H24N2O2. The van der Waals surface area contributed by atoms with Gasteiger partial charge in [-0.25, -0.2) is 0 Å². The molecule has 0 saturated heterocycles. The molecule has 1 aliphatic rings. The van der Waals surface area contributed by atoms with Crippen molar-refractivity contribution in [3.05, 3.63) is 0 Å². The molecular weight excluding hydrogens is 204 g/mol. The Morgan fingerprint density at radius 1 is 1.50 bits per heavy atom. The fourth-order valence-electron chi connectivity index (χ4n) is 2.47. The molecule has 0 heterocycles. The maximum Gasteiger partial charge on any atom is 0.320 e. The van der Waals surface area contributed by atoms with Crippen molar-refractivity contribution in [3.63, 3.8) is 0 Å². The molecule has 0 bridgehead atoms. The second-order valence-electron chi connectivity index (χ2n) is 4.88. The molecule has 4 nitrogen and oxygen atoms in total. The summed E-state index contributed by atoms with van der Waals surface area (Å²) in [6, 6.07) is -0.411. The number of rotatable bonds is 7. The molecule has 2 N–H and O–H groups in total. The Balaban J connectivity index is 2.17. The monoisotopic (exact) mass is 228 g/mol. The van der Waals surface area contributed by atoms with Crippen molar-refractivity contribution in [2.45, 2.75) is 38.1 Å². The van der Waals surface area contributed by atoms with Crippen LogP contribution >= 0.6 is 0 Å². The minimum absolute atomic E-state index is 0.411. The molecule has 0 aromatic heterocycles. The van der Waals surface area contributed by atoms with Crippen molar-refractivity contribution in [3.8, 4) is 0 Å². The van der Waals surface area contributed by atoms with E-state index in [0.29, 0.717) is 6.42 Å². The van der Waals surface area contributed by atoms with Crippen molar-refractivity contribution >= 4 is 5.97 Å². The predicted octanol–water partition coefficient (Wildman–Crippen LogP) is 1.17. The van der Waals surface area contributed by atoms with Crippen LogP contribution in [-0.4, -0.2) is 49.2 Å². The van der Waals surface area contributed by atoms with Crippen LogP contribution in [0.5, 0.6) is 0 Å². The van der Waals surface area contributed by atoms with Gasteiger partial charge in [-0.15, -0.1) is 0 Å². The zero-order valence-corrected chi connectivity index (χ0v) is 10.4. The van der Waals surface area contributed by atoms with Crippen molar-refractivity contribution < 1.29 is 9.90 Å². The molecule has 0 radical (unpaired) electrons. The van der Waals surface area contributed by atoms with Gasteiger partial charge in [-0.1, -0.05) is 12.8 Å². The van der Waals surface area contributed by atoms with Crippen LogP contribution < -0.4 is 5.32 Å². The van der Waals surface area contributed by atoms with E-state index in [0.717, 1.165) is 19.0 Å². The Bertz CT molecular complexity index is 215. The zero-order chi connectivity index (χ0) is 12.0. The SMILES string of the molecule is CNC(CCN(C)CC1CCCC1)C(=O)O. The summed E-state index contributed by atoms with van der Waals surface area (Å²) in [6.45, 7) is 1.98. The van der Waals surface area contributed by atoms with E-state index in [1.807, 2.05) is 0 Å². The molecule has 1 fully saturated rings. The lowest BCUT2D eigenvalue weighted by atomic mass is 10.1. The zero-order valence-electron chi connectivity index (χ0n) is 10.4. The highest BCUT2D eigenvalue weighted by Gasteiger charge is 2.19. The molecule has 94 valence electrons. The van der Waals surface area contributed by atoms with Crippen molar-refractivity contribution in [1.29, 1.82) is 0 Å². The third-order valence-corrected chi connectivity index (χ3v) is 3.49. The van der Waals surface area contributed by atoms with E-state index in [1.165, 1.54) is 25.7 Å². The number of carboxylic acids is 1. The summed E-state index contributed by atoms with van der Waals surface area (Å²) in [4.78, 5) is 13.1. The molecule has 0 aliphatic heterocycles. The van der Waals surface area contributed by atoms with Crippen LogP contribution in [0.3, 0.4) is 0 Å². The van der Waals surface area contributed by atoms with Crippen LogP contribution in [0.4, 0.5) is 0 Å². The summed E-state index contributed by atoms with van der Waals surface area (Å²) in [5.41, 5.74) is 0. The maximum absolute atomic E-state index is 10.8. The average molecular weight is 228 g/mol. The molecule has 1 saturated carbocycles. The molecule has 4 heteroatoms. The number of nitrogens with one attached hydrogen (secondary N) is 1. The number of hydrogen-bond acceptors (Lipinski definition) is 3. The second kappa shape index (κ2) is 6.86. The second-order valence-corrected chi connectivity index (χ2v) is 4.88. The number of nitrogens with zero attached hydrogens (tertiary/aromatic N) is 1. The molecule has 1 aliphatic carbocycles. The highest BCUT2D eigenvalue weighted by Crippen LogP contribution is 2.25. The van der Waals surface area contributed by atoms with Gasteiger partial charge in [-0.2, -0.15) is 0 Å². The lowest BCUT2D eigenvalue weighted by molar-refractivity contribution is -0.139. The molecule has 1 unspecified atom stereocenters. The summed E-state index contributed by atoms with van der Waals surface area (Å²) >= 11 is 0. The van der Waals surface area contributed by atoms with Gasteiger partial charge in [-0.3, -0.25) is 4.79 Å². The van der Waals surface area contributed by atoms with Gasteiger partial charge in [0.25, 0.3) is 0 Å². The quantitative estimate of drug-likeness (QED) is 0.687. The van der Waals surface area contributed by atoms with E-state index < -0.39 is 12.0 Å². The van der Waals surface area contributed by atoms with Gasteiger partial charge in [0.2, 0.25) is 0 Å². The summed E-state index contributed by atoms with van der Waals surface area (Å²) in [5, 5.41) is 11.7. The van der Waals surface area contributed by atoms with Gasteiger partial charge < -0.3 is 15.3 Å². The summed E-state index contributed by atoms with van der Waals surface area (Å²) in [5.74, 6) is 0.0830. The first-order valence-corrected chi connectivity index (χ1v) is 6.22. The van der Waals surface area contributed by atoms with Crippen LogP contribution in [-0.2, 0) is 4.79 Å². The lowest BCUT2D eigenvalue weighted by Crippen LogP contribution is -2.37. The van der Waals surface area contributed by atoms with E-state index in [4.69, 9.17) is 5.11 Å². The van der Waals surface area contributed by atoms with Gasteiger partial charge in [-0.05, 0) is 45.8 Å². The van der Waals surface area contributed by atoms with E-state index in [1.54, 1.807) is 7.05 Å². The third kappa shape index (κ3) is 4.49. The van der Waals surface area contributed by atoms with Gasteiger partial charge in [0.1, 0.15) is 6.04 Å². The third-order valence-electron chi connectivity index (χ3n) is 3.49. The fraction of sp³-hybridized carbons (Fsp3) is 0.917. The maximum atomic E-state index is 10.8. The topological polar surface area (TPSA) is 52.6 Å². The summed E-state index contributed by atoms with van der Waals surface area (Å²) in [7, 11) is 3.79. The minimum atomic E-state index is -0.753. The van der Waals surface area contributed by atoms with Crippen LogP contribution in [0, 0.1) is 5.92 Å². The summed E-state index contributed by atoms with van der Waals surface area (Å²) < 4.78 is 0. The van der Waals surface area contributed by atoms with Crippen LogP contribution in [0.15, 0.2) is 0 Å². The van der Waals surface area contributed by atoms with Crippen LogP contribution in [0.1, 0.15) is 32.1 Å². The van der Waals surface area contributed by atoms with Crippen LogP contribution in [0.2, 0.25) is 0 Å². The highest BCUT2D eigenvalue weighted by molar-refractivity contribution is 5.73. The Morgan fingerprint density at radius 2 is 2.12 bits per heavy atom. The first-order chi connectivity index (χ1) is 7.63. The van der Waals surface area contributed by atoms with E-state index in [-0.39, 0.29) is 0 Å². The van der Waals surface area contributed by atoms with Gasteiger partial charge in [0.15, 0.2) is 0 Å². The average Bonchev–Trinajstić information content (AvgIpc) is 2.70. The first kappa shape index (κ1) is 13.5. The summed E-state index contributed by atoms with van der Waals surface area (Å²) in [6.07, 6.45) is 6.10. The van der Waals surface area contributed by atoms with Gasteiger partial charge in [0.05, 0.1) is 0 Å². The number of carboxylic acid groups (broad SMARTS) is 1. The number of hydrogen-bond donors (Lipinski definition) is 2. The van der Waals surface area contributed by atoms with Crippen molar-refractivity contribution in [2.75, 3.05) is 27.2 Å². The molecule has 0 amide bonds. The Labute approximate surface area is 98.0 Å².